The molecule has 0 bridgehead atoms. The number of rotatable bonds is 9. The summed E-state index contributed by atoms with van der Waals surface area (Å²) in [5.41, 5.74) is 2.45. The number of amides is 1. The zero-order valence-electron chi connectivity index (χ0n) is 20.2. The molecule has 1 saturated heterocycles. The van der Waals surface area contributed by atoms with Crippen molar-refractivity contribution >= 4 is 45.5 Å². The number of nitrogens with zero attached hydrogens (tertiary/aromatic N) is 2. The van der Waals surface area contributed by atoms with E-state index in [1.54, 1.807) is 0 Å². The highest BCUT2D eigenvalue weighted by atomic mass is 32.1. The molecule has 0 radical (unpaired) electrons. The molecule has 1 N–H and O–H groups in total. The lowest BCUT2D eigenvalue weighted by Crippen LogP contribution is -2.40. The normalized spacial score (nSPS) is 16.3. The molecule has 0 spiro atoms. The van der Waals surface area contributed by atoms with Gasteiger partial charge >= 0.3 is 5.97 Å². The Morgan fingerprint density at radius 2 is 2.14 bits per heavy atom. The van der Waals surface area contributed by atoms with Gasteiger partial charge in [-0.2, -0.15) is 0 Å². The number of carbonyl (C=O) groups excluding carboxylic acids is 2. The second-order valence-electron chi connectivity index (χ2n) is 8.85. The van der Waals surface area contributed by atoms with Crippen molar-refractivity contribution in [2.75, 3.05) is 32.8 Å². The van der Waals surface area contributed by atoms with E-state index in [0.717, 1.165) is 71.9 Å². The average Bonchev–Trinajstić information content (AvgIpc) is 3.65. The lowest BCUT2D eigenvalue weighted by molar-refractivity contribution is -0.149. The number of nitrogens with one attached hydrogen (secondary N) is 1. The van der Waals surface area contributed by atoms with Gasteiger partial charge in [0.25, 0.3) is 5.91 Å². The molecule has 1 fully saturated rings. The van der Waals surface area contributed by atoms with E-state index in [9.17, 15) is 9.59 Å². The molecule has 4 heterocycles. The van der Waals surface area contributed by atoms with E-state index >= 15 is 0 Å². The van der Waals surface area contributed by atoms with Crippen LogP contribution in [0.2, 0.25) is 0 Å². The molecule has 4 aromatic rings. The van der Waals surface area contributed by atoms with Gasteiger partial charge in [0, 0.05) is 29.4 Å². The summed E-state index contributed by atoms with van der Waals surface area (Å²) in [7, 11) is 0. The first-order valence-electron chi connectivity index (χ1n) is 12.3. The van der Waals surface area contributed by atoms with Gasteiger partial charge in [-0.1, -0.05) is 18.2 Å². The van der Waals surface area contributed by atoms with Crippen LogP contribution in [0.25, 0.3) is 33.0 Å². The van der Waals surface area contributed by atoms with E-state index in [-0.39, 0.29) is 17.8 Å². The van der Waals surface area contributed by atoms with Gasteiger partial charge in [-0.3, -0.25) is 9.59 Å². The Morgan fingerprint density at radius 1 is 1.25 bits per heavy atom. The first-order chi connectivity index (χ1) is 17.6. The summed E-state index contributed by atoms with van der Waals surface area (Å²) >= 11 is 2.93. The summed E-state index contributed by atoms with van der Waals surface area (Å²) in [5, 5.41) is 8.79. The fraction of sp³-hybridized carbons (Fsp3) is 0.370. The number of hydrogen-bond acceptors (Lipinski definition) is 8. The topological polar surface area (TPSA) is 84.7 Å². The third-order valence-corrected chi connectivity index (χ3v) is 8.13. The summed E-state index contributed by atoms with van der Waals surface area (Å²) in [6, 6.07) is 11.8. The number of thiophene rings is 1. The average molecular weight is 524 g/mol. The van der Waals surface area contributed by atoms with Gasteiger partial charge in [0.05, 0.1) is 12.5 Å². The Morgan fingerprint density at radius 3 is 3.00 bits per heavy atom. The van der Waals surface area contributed by atoms with Gasteiger partial charge in [0.2, 0.25) is 0 Å². The molecular weight excluding hydrogens is 494 g/mol. The summed E-state index contributed by atoms with van der Waals surface area (Å²) in [6.07, 6.45) is 2.72. The Balaban J connectivity index is 1.16. The quantitative estimate of drug-likeness (QED) is 0.224. The van der Waals surface area contributed by atoms with Gasteiger partial charge in [-0.25, -0.2) is 4.98 Å². The Kier molecular flexibility index (Phi) is 7.79. The van der Waals surface area contributed by atoms with Crippen LogP contribution in [0.1, 0.15) is 35.9 Å². The lowest BCUT2D eigenvalue weighted by Gasteiger charge is -2.31. The summed E-state index contributed by atoms with van der Waals surface area (Å²) < 4.78 is 11.1. The maximum atomic E-state index is 12.9. The molecule has 7 nitrogen and oxygen atoms in total. The Hall–Kier alpha value is -3.01. The molecule has 1 atom stereocenters. The molecule has 1 unspecified atom stereocenters. The molecule has 1 amide bonds. The summed E-state index contributed by atoms with van der Waals surface area (Å²) in [6.45, 7) is 5.42. The number of furan rings is 1. The van der Waals surface area contributed by atoms with Gasteiger partial charge < -0.3 is 19.4 Å². The number of piperidine rings is 1. The maximum absolute atomic E-state index is 12.9. The van der Waals surface area contributed by atoms with Crippen LogP contribution in [-0.2, 0) is 9.53 Å². The van der Waals surface area contributed by atoms with E-state index < -0.39 is 0 Å². The standard InChI is InChI=1S/C27H29N3O4S2/c1-2-33-27(32)19-8-5-12-30(16-19)13-6-11-28-25(31)24-20(10-14-35-24)26-29-21(17-36-26)23-15-18-7-3-4-9-22(18)34-23/h3-4,7,9-10,14-15,17,19H,2,5-6,8,11-13,16H2,1H3,(H,28,31). The number of thiazole rings is 1. The number of ether oxygens (including phenoxy) is 1. The molecule has 0 saturated carbocycles. The van der Waals surface area contributed by atoms with Gasteiger partial charge in [-0.05, 0) is 62.9 Å². The molecule has 36 heavy (non-hydrogen) atoms. The molecule has 3 aromatic heterocycles. The monoisotopic (exact) mass is 523 g/mol. The smallest absolute Gasteiger partial charge is 0.310 e. The van der Waals surface area contributed by atoms with Crippen LogP contribution in [0.4, 0.5) is 0 Å². The number of benzene rings is 1. The van der Waals surface area contributed by atoms with Crippen LogP contribution in [0.5, 0.6) is 0 Å². The number of carbonyl (C=O) groups is 2. The van der Waals surface area contributed by atoms with Crippen LogP contribution >= 0.6 is 22.7 Å². The van der Waals surface area contributed by atoms with E-state index in [1.807, 2.05) is 54.1 Å². The molecule has 0 aliphatic carbocycles. The third-order valence-electron chi connectivity index (χ3n) is 6.35. The van der Waals surface area contributed by atoms with Crippen molar-refractivity contribution in [2.24, 2.45) is 5.92 Å². The predicted octanol–water partition coefficient (Wildman–Crippen LogP) is 5.68. The highest BCUT2D eigenvalue weighted by Crippen LogP contribution is 2.35. The largest absolute Gasteiger partial charge is 0.466 e. The second kappa shape index (κ2) is 11.4. The highest BCUT2D eigenvalue weighted by molar-refractivity contribution is 7.15. The summed E-state index contributed by atoms with van der Waals surface area (Å²) in [5.74, 6) is 0.516. The van der Waals surface area contributed by atoms with Crippen molar-refractivity contribution in [1.29, 1.82) is 0 Å². The zero-order valence-corrected chi connectivity index (χ0v) is 21.8. The van der Waals surface area contributed by atoms with E-state index in [2.05, 4.69) is 10.2 Å². The molecule has 1 aliphatic heterocycles. The highest BCUT2D eigenvalue weighted by Gasteiger charge is 2.26. The number of hydrogen-bond donors (Lipinski definition) is 1. The van der Waals surface area contributed by atoms with Gasteiger partial charge in [0.1, 0.15) is 21.2 Å². The van der Waals surface area contributed by atoms with Gasteiger partial charge in [0.15, 0.2) is 5.76 Å². The Bertz CT molecular complexity index is 1310. The molecule has 5 rings (SSSR count). The Labute approximate surface area is 218 Å². The number of para-hydroxylation sites is 1. The molecule has 1 aliphatic rings. The third kappa shape index (κ3) is 5.53. The maximum Gasteiger partial charge on any atom is 0.310 e. The minimum absolute atomic E-state index is 0.0373. The van der Waals surface area contributed by atoms with Crippen molar-refractivity contribution in [3.05, 3.63) is 52.0 Å². The second-order valence-corrected chi connectivity index (χ2v) is 10.6. The minimum Gasteiger partial charge on any atom is -0.466 e. The zero-order chi connectivity index (χ0) is 24.9. The number of esters is 1. The van der Waals surface area contributed by atoms with Crippen LogP contribution in [0, 0.1) is 5.92 Å². The molecule has 188 valence electrons. The fourth-order valence-corrected chi connectivity index (χ4v) is 6.28. The number of fused-ring (bicyclic) bond motifs is 1. The van der Waals surface area contributed by atoms with Crippen molar-refractivity contribution < 1.29 is 18.7 Å². The first kappa shape index (κ1) is 24.7. The number of aromatic nitrogens is 1. The lowest BCUT2D eigenvalue weighted by atomic mass is 9.98. The van der Waals surface area contributed by atoms with E-state index in [4.69, 9.17) is 14.1 Å². The van der Waals surface area contributed by atoms with Crippen LogP contribution < -0.4 is 5.32 Å². The predicted molar refractivity (Wildman–Crippen MR) is 143 cm³/mol. The fourth-order valence-electron chi connectivity index (χ4n) is 4.57. The van der Waals surface area contributed by atoms with Crippen LogP contribution in [0.15, 0.2) is 51.6 Å². The first-order valence-corrected chi connectivity index (χ1v) is 14.1. The molecule has 1 aromatic carbocycles. The van der Waals surface area contributed by atoms with Crippen molar-refractivity contribution in [3.63, 3.8) is 0 Å². The van der Waals surface area contributed by atoms with Crippen molar-refractivity contribution in [2.45, 2.75) is 26.2 Å². The SMILES string of the molecule is CCOC(=O)C1CCCN(CCCNC(=O)c2sccc2-c2nc(-c3cc4ccccc4o3)cs2)C1. The van der Waals surface area contributed by atoms with Crippen molar-refractivity contribution in [1.82, 2.24) is 15.2 Å². The van der Waals surface area contributed by atoms with E-state index in [1.165, 1.54) is 22.7 Å². The molecular formula is C27H29N3O4S2. The number of likely N-dealkylation sites (tertiary alicyclic amines) is 1. The summed E-state index contributed by atoms with van der Waals surface area (Å²) in [4.78, 5) is 32.7. The van der Waals surface area contributed by atoms with Crippen LogP contribution in [-0.4, -0.2) is 54.5 Å². The van der Waals surface area contributed by atoms with E-state index in [0.29, 0.717) is 18.0 Å². The molecule has 9 heteroatoms. The minimum atomic E-state index is -0.0913. The van der Waals surface area contributed by atoms with Crippen molar-refractivity contribution in [3.8, 4) is 22.0 Å². The van der Waals surface area contributed by atoms with Crippen LogP contribution in [0.3, 0.4) is 0 Å². The van der Waals surface area contributed by atoms with Gasteiger partial charge in [-0.15, -0.1) is 22.7 Å².